The van der Waals surface area contributed by atoms with Gasteiger partial charge in [-0.15, -0.1) is 0 Å². The molecule has 1 amide bonds. The highest BCUT2D eigenvalue weighted by Crippen LogP contribution is 2.24. The van der Waals surface area contributed by atoms with E-state index in [1.165, 1.54) is 0 Å². The molecule has 1 saturated heterocycles. The van der Waals surface area contributed by atoms with Crippen molar-refractivity contribution >= 4 is 5.91 Å². The highest BCUT2D eigenvalue weighted by molar-refractivity contribution is 5.91. The van der Waals surface area contributed by atoms with Gasteiger partial charge in [-0.25, -0.2) is 0 Å². The van der Waals surface area contributed by atoms with E-state index in [9.17, 15) is 4.79 Å². The largest absolute Gasteiger partial charge is 0.426 e. The predicted octanol–water partition coefficient (Wildman–Crippen LogP) is 2.12. The standard InChI is InChI=1S/C15H16N2O3/c18-15(17-10-8-16-9-11-17)13-6-7-14(20-13)19-12-4-2-1-3-5-12/h1-7,16H,8-11H2. The fourth-order valence-corrected chi connectivity index (χ4v) is 2.12. The Hall–Kier alpha value is -2.27. The van der Waals surface area contributed by atoms with Crippen LogP contribution in [0.1, 0.15) is 10.6 Å². The molecule has 0 aliphatic carbocycles. The van der Waals surface area contributed by atoms with E-state index in [0.717, 1.165) is 13.1 Å². The van der Waals surface area contributed by atoms with Crippen molar-refractivity contribution in [1.29, 1.82) is 0 Å². The summed E-state index contributed by atoms with van der Waals surface area (Å²) in [6, 6.07) is 12.7. The van der Waals surface area contributed by atoms with Crippen LogP contribution in [0, 0.1) is 0 Å². The number of para-hydroxylation sites is 1. The third-order valence-corrected chi connectivity index (χ3v) is 3.16. The summed E-state index contributed by atoms with van der Waals surface area (Å²) in [7, 11) is 0. The lowest BCUT2D eigenvalue weighted by atomic mass is 10.3. The molecule has 1 aromatic carbocycles. The van der Waals surface area contributed by atoms with Gasteiger partial charge in [-0.1, -0.05) is 18.2 Å². The van der Waals surface area contributed by atoms with E-state index in [4.69, 9.17) is 9.15 Å². The summed E-state index contributed by atoms with van der Waals surface area (Å²) in [6.07, 6.45) is 0. The van der Waals surface area contributed by atoms with Crippen molar-refractivity contribution in [3.63, 3.8) is 0 Å². The topological polar surface area (TPSA) is 54.7 Å². The quantitative estimate of drug-likeness (QED) is 0.930. The van der Waals surface area contributed by atoms with Crippen LogP contribution in [0.2, 0.25) is 0 Å². The first-order chi connectivity index (χ1) is 9.83. The number of rotatable bonds is 3. The number of benzene rings is 1. The van der Waals surface area contributed by atoms with Crippen molar-refractivity contribution < 1.29 is 13.9 Å². The molecule has 1 N–H and O–H groups in total. The van der Waals surface area contributed by atoms with Crippen LogP contribution in [0.15, 0.2) is 46.9 Å². The average Bonchev–Trinajstić information content (AvgIpc) is 2.97. The van der Waals surface area contributed by atoms with E-state index in [2.05, 4.69) is 5.32 Å². The minimum atomic E-state index is -0.0885. The minimum absolute atomic E-state index is 0.0885. The van der Waals surface area contributed by atoms with Gasteiger partial charge in [0, 0.05) is 32.2 Å². The number of carbonyl (C=O) groups is 1. The molecule has 104 valence electrons. The maximum atomic E-state index is 12.2. The number of nitrogens with one attached hydrogen (secondary N) is 1. The molecule has 0 bridgehead atoms. The van der Waals surface area contributed by atoms with Gasteiger partial charge in [0.1, 0.15) is 5.75 Å². The van der Waals surface area contributed by atoms with Crippen LogP contribution in [0.4, 0.5) is 0 Å². The van der Waals surface area contributed by atoms with Crippen LogP contribution in [0.5, 0.6) is 11.7 Å². The van der Waals surface area contributed by atoms with Gasteiger partial charge in [-0.3, -0.25) is 4.79 Å². The molecule has 20 heavy (non-hydrogen) atoms. The SMILES string of the molecule is O=C(c1ccc(Oc2ccccc2)o1)N1CCNCC1. The van der Waals surface area contributed by atoms with Gasteiger partial charge in [0.05, 0.1) is 0 Å². The van der Waals surface area contributed by atoms with Crippen molar-refractivity contribution in [2.75, 3.05) is 26.2 Å². The van der Waals surface area contributed by atoms with E-state index < -0.39 is 0 Å². The van der Waals surface area contributed by atoms with Gasteiger partial charge >= 0.3 is 0 Å². The monoisotopic (exact) mass is 272 g/mol. The van der Waals surface area contributed by atoms with Gasteiger partial charge in [0.2, 0.25) is 0 Å². The van der Waals surface area contributed by atoms with E-state index in [0.29, 0.717) is 30.5 Å². The van der Waals surface area contributed by atoms with Gasteiger partial charge in [0.25, 0.3) is 11.9 Å². The van der Waals surface area contributed by atoms with Crippen LogP contribution in [0.25, 0.3) is 0 Å². The zero-order chi connectivity index (χ0) is 13.8. The van der Waals surface area contributed by atoms with Crippen molar-refractivity contribution in [1.82, 2.24) is 10.2 Å². The van der Waals surface area contributed by atoms with Gasteiger partial charge in [0.15, 0.2) is 5.76 Å². The second-order valence-corrected chi connectivity index (χ2v) is 4.58. The summed E-state index contributed by atoms with van der Waals surface area (Å²) < 4.78 is 11.0. The molecule has 0 atom stereocenters. The fourth-order valence-electron chi connectivity index (χ4n) is 2.12. The molecular formula is C15H16N2O3. The highest BCUT2D eigenvalue weighted by atomic mass is 16.6. The van der Waals surface area contributed by atoms with Crippen LogP contribution in [-0.2, 0) is 0 Å². The second kappa shape index (κ2) is 5.79. The predicted molar refractivity (Wildman–Crippen MR) is 74.0 cm³/mol. The van der Waals surface area contributed by atoms with Crippen LogP contribution < -0.4 is 10.1 Å². The number of piperazine rings is 1. The Bertz CT molecular complexity index is 574. The van der Waals surface area contributed by atoms with E-state index >= 15 is 0 Å². The molecule has 5 heteroatoms. The Balaban J connectivity index is 1.68. The number of hydrogen-bond acceptors (Lipinski definition) is 4. The fraction of sp³-hybridized carbons (Fsp3) is 0.267. The number of amides is 1. The minimum Gasteiger partial charge on any atom is -0.426 e. The molecular weight excluding hydrogens is 256 g/mol. The summed E-state index contributed by atoms with van der Waals surface area (Å²) in [6.45, 7) is 3.04. The van der Waals surface area contributed by atoms with Gasteiger partial charge in [-0.05, 0) is 18.2 Å². The van der Waals surface area contributed by atoms with Crippen molar-refractivity contribution in [2.45, 2.75) is 0 Å². The maximum absolute atomic E-state index is 12.2. The molecule has 5 nitrogen and oxygen atoms in total. The number of nitrogens with zero attached hydrogens (tertiary/aromatic N) is 1. The molecule has 3 rings (SSSR count). The third kappa shape index (κ3) is 2.83. The van der Waals surface area contributed by atoms with E-state index in [1.54, 1.807) is 17.0 Å². The van der Waals surface area contributed by atoms with Gasteiger partial charge < -0.3 is 19.4 Å². The first kappa shape index (κ1) is 12.7. The van der Waals surface area contributed by atoms with Crippen molar-refractivity contribution in [3.05, 3.63) is 48.2 Å². The highest BCUT2D eigenvalue weighted by Gasteiger charge is 2.21. The third-order valence-electron chi connectivity index (χ3n) is 3.16. The lowest BCUT2D eigenvalue weighted by Crippen LogP contribution is -2.46. The molecule has 1 aromatic heterocycles. The zero-order valence-electron chi connectivity index (χ0n) is 11.0. The van der Waals surface area contributed by atoms with Crippen molar-refractivity contribution in [2.24, 2.45) is 0 Å². The molecule has 2 heterocycles. The first-order valence-corrected chi connectivity index (χ1v) is 6.66. The average molecular weight is 272 g/mol. The molecule has 1 aliphatic rings. The molecule has 0 spiro atoms. The Morgan fingerprint density at radius 2 is 1.85 bits per heavy atom. The molecule has 2 aromatic rings. The van der Waals surface area contributed by atoms with Crippen molar-refractivity contribution in [3.8, 4) is 11.7 Å². The summed E-state index contributed by atoms with van der Waals surface area (Å²) in [5.74, 6) is 1.24. The lowest BCUT2D eigenvalue weighted by Gasteiger charge is -2.26. The molecule has 0 unspecified atom stereocenters. The summed E-state index contributed by atoms with van der Waals surface area (Å²) in [5, 5.41) is 3.21. The van der Waals surface area contributed by atoms with Gasteiger partial charge in [-0.2, -0.15) is 0 Å². The molecule has 0 saturated carbocycles. The normalized spacial score (nSPS) is 15.1. The van der Waals surface area contributed by atoms with E-state index in [-0.39, 0.29) is 5.91 Å². The van der Waals surface area contributed by atoms with Crippen LogP contribution >= 0.6 is 0 Å². The van der Waals surface area contributed by atoms with E-state index in [1.807, 2.05) is 30.3 Å². The number of ether oxygens (including phenoxy) is 1. The Kier molecular flexibility index (Phi) is 3.69. The molecule has 1 aliphatic heterocycles. The summed E-state index contributed by atoms with van der Waals surface area (Å²) in [5.41, 5.74) is 0. The zero-order valence-corrected chi connectivity index (χ0v) is 11.0. The smallest absolute Gasteiger partial charge is 0.290 e. The lowest BCUT2D eigenvalue weighted by molar-refractivity contribution is 0.0698. The Morgan fingerprint density at radius 3 is 2.60 bits per heavy atom. The van der Waals surface area contributed by atoms with Crippen LogP contribution in [-0.4, -0.2) is 37.0 Å². The molecule has 0 radical (unpaired) electrons. The Morgan fingerprint density at radius 1 is 1.10 bits per heavy atom. The number of hydrogen-bond donors (Lipinski definition) is 1. The number of furan rings is 1. The van der Waals surface area contributed by atoms with Crippen LogP contribution in [0.3, 0.4) is 0 Å². The first-order valence-electron chi connectivity index (χ1n) is 6.66. The summed E-state index contributed by atoms with van der Waals surface area (Å²) in [4.78, 5) is 14.0. The Labute approximate surface area is 117 Å². The number of carbonyl (C=O) groups excluding carboxylic acids is 1. The molecule has 1 fully saturated rings. The second-order valence-electron chi connectivity index (χ2n) is 4.58. The maximum Gasteiger partial charge on any atom is 0.290 e. The summed E-state index contributed by atoms with van der Waals surface area (Å²) >= 11 is 0.